The highest BCUT2D eigenvalue weighted by molar-refractivity contribution is 7.99. The normalized spacial score (nSPS) is 12.4. The summed E-state index contributed by atoms with van der Waals surface area (Å²) in [6.07, 6.45) is 2.71. The van der Waals surface area contributed by atoms with Crippen LogP contribution in [0.4, 0.5) is 0 Å². The van der Waals surface area contributed by atoms with Crippen molar-refractivity contribution in [3.8, 4) is 0 Å². The molecular formula is C11H19N3O2S. The molecule has 1 heterocycles. The van der Waals surface area contributed by atoms with Gasteiger partial charge in [0.15, 0.2) is 0 Å². The molecule has 2 N–H and O–H groups in total. The molecule has 0 amide bonds. The smallest absolute Gasteiger partial charge is 0.323 e. The molecule has 0 fully saturated rings. The van der Waals surface area contributed by atoms with Gasteiger partial charge in [0.25, 0.3) is 0 Å². The second-order valence-corrected chi connectivity index (χ2v) is 4.78. The van der Waals surface area contributed by atoms with E-state index in [9.17, 15) is 4.79 Å². The minimum atomic E-state index is -0.522. The van der Waals surface area contributed by atoms with Crippen molar-refractivity contribution in [3.05, 3.63) is 18.0 Å². The molecule has 1 unspecified atom stereocenters. The van der Waals surface area contributed by atoms with E-state index in [1.165, 1.54) is 5.69 Å². The summed E-state index contributed by atoms with van der Waals surface area (Å²) in [5, 5.41) is 4.09. The van der Waals surface area contributed by atoms with Gasteiger partial charge in [-0.25, -0.2) is 0 Å². The quantitative estimate of drug-likeness (QED) is 0.572. The Balaban J connectivity index is 2.16. The van der Waals surface area contributed by atoms with Crippen molar-refractivity contribution in [2.75, 3.05) is 18.1 Å². The van der Waals surface area contributed by atoms with Crippen molar-refractivity contribution < 1.29 is 9.53 Å². The van der Waals surface area contributed by atoms with Crippen LogP contribution < -0.4 is 5.73 Å². The summed E-state index contributed by atoms with van der Waals surface area (Å²) < 4.78 is 6.69. The first kappa shape index (κ1) is 14.1. The molecule has 1 rings (SSSR count). The molecule has 0 spiro atoms. The van der Waals surface area contributed by atoms with Crippen LogP contribution in [0.25, 0.3) is 0 Å². The number of hydrogen-bond acceptors (Lipinski definition) is 5. The molecule has 1 atom stereocenters. The van der Waals surface area contributed by atoms with Crippen LogP contribution in [0, 0.1) is 0 Å². The van der Waals surface area contributed by atoms with E-state index in [0.29, 0.717) is 12.4 Å². The maximum Gasteiger partial charge on any atom is 0.323 e. The van der Waals surface area contributed by atoms with Crippen LogP contribution in [-0.2, 0) is 23.0 Å². The third-order valence-corrected chi connectivity index (χ3v) is 3.40. The van der Waals surface area contributed by atoms with Gasteiger partial charge in [0.1, 0.15) is 6.04 Å². The molecule has 0 aliphatic rings. The average molecular weight is 257 g/mol. The number of esters is 1. The Bertz CT molecular complexity index is 354. The summed E-state index contributed by atoms with van der Waals surface area (Å²) in [4.78, 5) is 11.2. The fourth-order valence-electron chi connectivity index (χ4n) is 1.35. The Hall–Kier alpha value is -1.01. The van der Waals surface area contributed by atoms with Crippen LogP contribution in [0.3, 0.4) is 0 Å². The number of carbonyl (C=O) groups excluding carboxylic acids is 1. The zero-order valence-corrected chi connectivity index (χ0v) is 11.1. The standard InChI is InChI=1S/C11H19N3O2S/c1-3-16-11(15)10(12)8-17-7-5-9-4-6-13-14(9)2/h4,6,10H,3,5,7-8,12H2,1-2H3. The van der Waals surface area contributed by atoms with Gasteiger partial charge in [-0.3, -0.25) is 9.48 Å². The molecule has 0 saturated carbocycles. The number of carbonyl (C=O) groups is 1. The number of aryl methyl sites for hydroxylation is 2. The van der Waals surface area contributed by atoms with E-state index in [0.717, 1.165) is 12.2 Å². The predicted molar refractivity (Wildman–Crippen MR) is 68.8 cm³/mol. The van der Waals surface area contributed by atoms with Gasteiger partial charge in [-0.15, -0.1) is 0 Å². The summed E-state index contributed by atoms with van der Waals surface area (Å²) in [7, 11) is 1.92. The topological polar surface area (TPSA) is 70.1 Å². The van der Waals surface area contributed by atoms with Crippen molar-refractivity contribution >= 4 is 17.7 Å². The van der Waals surface area contributed by atoms with E-state index in [2.05, 4.69) is 5.10 Å². The van der Waals surface area contributed by atoms with Crippen molar-refractivity contribution in [2.45, 2.75) is 19.4 Å². The predicted octanol–water partition coefficient (Wildman–Crippen LogP) is 0.586. The summed E-state index contributed by atoms with van der Waals surface area (Å²) in [6.45, 7) is 2.16. The summed E-state index contributed by atoms with van der Waals surface area (Å²) >= 11 is 1.66. The highest BCUT2D eigenvalue weighted by Gasteiger charge is 2.13. The fraction of sp³-hybridized carbons (Fsp3) is 0.636. The molecule has 1 aromatic heterocycles. The van der Waals surface area contributed by atoms with Crippen molar-refractivity contribution in [3.63, 3.8) is 0 Å². The summed E-state index contributed by atoms with van der Waals surface area (Å²) in [5.41, 5.74) is 6.86. The highest BCUT2D eigenvalue weighted by atomic mass is 32.2. The van der Waals surface area contributed by atoms with Gasteiger partial charge in [0, 0.05) is 24.7 Å². The minimum absolute atomic E-state index is 0.319. The van der Waals surface area contributed by atoms with E-state index in [1.54, 1.807) is 24.9 Å². The van der Waals surface area contributed by atoms with Crippen LogP contribution in [0.5, 0.6) is 0 Å². The van der Waals surface area contributed by atoms with Crippen LogP contribution in [0.2, 0.25) is 0 Å². The second-order valence-electron chi connectivity index (χ2n) is 3.63. The third kappa shape index (κ3) is 4.79. The Morgan fingerprint density at radius 1 is 1.71 bits per heavy atom. The van der Waals surface area contributed by atoms with Gasteiger partial charge >= 0.3 is 5.97 Å². The van der Waals surface area contributed by atoms with E-state index < -0.39 is 6.04 Å². The first-order valence-electron chi connectivity index (χ1n) is 5.62. The molecule has 5 nitrogen and oxygen atoms in total. The molecule has 0 bridgehead atoms. The number of nitrogens with zero attached hydrogens (tertiary/aromatic N) is 2. The second kappa shape index (κ2) is 7.34. The number of ether oxygens (including phenoxy) is 1. The van der Waals surface area contributed by atoms with Crippen LogP contribution >= 0.6 is 11.8 Å². The summed E-state index contributed by atoms with van der Waals surface area (Å²) in [5.74, 6) is 1.20. The number of aromatic nitrogens is 2. The lowest BCUT2D eigenvalue weighted by Gasteiger charge is -2.09. The Morgan fingerprint density at radius 2 is 2.47 bits per heavy atom. The molecule has 6 heteroatoms. The van der Waals surface area contributed by atoms with Crippen molar-refractivity contribution in [2.24, 2.45) is 12.8 Å². The van der Waals surface area contributed by atoms with Gasteiger partial charge in [0.2, 0.25) is 0 Å². The maximum atomic E-state index is 11.2. The fourth-order valence-corrected chi connectivity index (χ4v) is 2.26. The number of hydrogen-bond donors (Lipinski definition) is 1. The first-order valence-corrected chi connectivity index (χ1v) is 6.77. The van der Waals surface area contributed by atoms with Crippen molar-refractivity contribution in [1.29, 1.82) is 0 Å². The zero-order valence-electron chi connectivity index (χ0n) is 10.3. The maximum absolute atomic E-state index is 11.2. The lowest BCUT2D eigenvalue weighted by molar-refractivity contribution is -0.144. The molecular weight excluding hydrogens is 238 g/mol. The van der Waals surface area contributed by atoms with E-state index >= 15 is 0 Å². The molecule has 0 radical (unpaired) electrons. The van der Waals surface area contributed by atoms with Gasteiger partial charge in [-0.2, -0.15) is 16.9 Å². The molecule has 1 aromatic rings. The zero-order chi connectivity index (χ0) is 12.7. The third-order valence-electron chi connectivity index (χ3n) is 2.31. The van der Waals surface area contributed by atoms with Gasteiger partial charge in [0.05, 0.1) is 6.61 Å². The lowest BCUT2D eigenvalue weighted by Crippen LogP contribution is -2.34. The molecule has 0 aliphatic heterocycles. The van der Waals surface area contributed by atoms with Gasteiger partial charge < -0.3 is 10.5 Å². The number of thioether (sulfide) groups is 1. The Kier molecular flexibility index (Phi) is 6.07. The Morgan fingerprint density at radius 3 is 3.06 bits per heavy atom. The monoisotopic (exact) mass is 257 g/mol. The highest BCUT2D eigenvalue weighted by Crippen LogP contribution is 2.07. The largest absolute Gasteiger partial charge is 0.465 e. The lowest BCUT2D eigenvalue weighted by atomic mass is 10.3. The molecule has 0 saturated heterocycles. The Labute approximate surface area is 106 Å². The molecule has 96 valence electrons. The van der Waals surface area contributed by atoms with Gasteiger partial charge in [-0.1, -0.05) is 0 Å². The summed E-state index contributed by atoms with van der Waals surface area (Å²) in [6, 6.07) is 1.47. The SMILES string of the molecule is CCOC(=O)C(N)CSCCc1ccnn1C. The molecule has 0 aromatic carbocycles. The van der Waals surface area contributed by atoms with Gasteiger partial charge in [-0.05, 0) is 25.2 Å². The number of rotatable bonds is 7. The average Bonchev–Trinajstić information content (AvgIpc) is 2.70. The van der Waals surface area contributed by atoms with E-state index in [1.807, 2.05) is 17.8 Å². The van der Waals surface area contributed by atoms with E-state index in [4.69, 9.17) is 10.5 Å². The molecule has 0 aliphatic carbocycles. The van der Waals surface area contributed by atoms with Crippen molar-refractivity contribution in [1.82, 2.24) is 9.78 Å². The van der Waals surface area contributed by atoms with Crippen LogP contribution in [0.1, 0.15) is 12.6 Å². The first-order chi connectivity index (χ1) is 8.15. The molecule has 17 heavy (non-hydrogen) atoms. The van der Waals surface area contributed by atoms with Crippen LogP contribution in [-0.4, -0.2) is 39.9 Å². The number of nitrogens with two attached hydrogens (primary N) is 1. The minimum Gasteiger partial charge on any atom is -0.465 e. The van der Waals surface area contributed by atoms with E-state index in [-0.39, 0.29) is 5.97 Å². The van der Waals surface area contributed by atoms with Crippen LogP contribution in [0.15, 0.2) is 12.3 Å².